The van der Waals surface area contributed by atoms with Crippen molar-refractivity contribution < 1.29 is 13.6 Å². The Hall–Kier alpha value is -0.120. The predicted molar refractivity (Wildman–Crippen MR) is 47.9 cm³/mol. The average Bonchev–Trinajstić information content (AvgIpc) is 2.03. The monoisotopic (exact) mass is 196 g/mol. The molecule has 12 heavy (non-hydrogen) atoms. The quantitative estimate of drug-likeness (QED) is 0.608. The summed E-state index contributed by atoms with van der Waals surface area (Å²) in [6.07, 6.45) is 0.401. The molecular formula is C8H14F2OS. The molecular weight excluding hydrogens is 182 g/mol. The lowest BCUT2D eigenvalue weighted by atomic mass is 10.2. The van der Waals surface area contributed by atoms with Crippen LogP contribution in [0.5, 0.6) is 0 Å². The molecule has 0 spiro atoms. The lowest BCUT2D eigenvalue weighted by Crippen LogP contribution is -2.02. The number of halogens is 2. The highest BCUT2D eigenvalue weighted by Gasteiger charge is 2.04. The fourth-order valence-corrected chi connectivity index (χ4v) is 1.40. The van der Waals surface area contributed by atoms with Gasteiger partial charge in [-0.15, -0.1) is 0 Å². The minimum Gasteiger partial charge on any atom is -0.288 e. The molecule has 1 atom stereocenters. The largest absolute Gasteiger partial charge is 0.288 e. The first-order valence-corrected chi connectivity index (χ1v) is 4.98. The van der Waals surface area contributed by atoms with Crippen molar-refractivity contribution in [2.45, 2.75) is 32.4 Å². The molecule has 4 heteroatoms. The highest BCUT2D eigenvalue weighted by Crippen LogP contribution is 2.10. The second kappa shape index (κ2) is 7.53. The standard InChI is InChI=1S/C8H14F2OS/c1-7(11)12-5-3-2-4-8(10)6-9/h8H,2-6H2,1H3. The van der Waals surface area contributed by atoms with Gasteiger partial charge in [0.05, 0.1) is 0 Å². The van der Waals surface area contributed by atoms with Crippen molar-refractivity contribution in [3.63, 3.8) is 0 Å². The van der Waals surface area contributed by atoms with Crippen LogP contribution in [0, 0.1) is 0 Å². The number of carbonyl (C=O) groups is 1. The van der Waals surface area contributed by atoms with E-state index in [4.69, 9.17) is 0 Å². The second-order valence-corrected chi connectivity index (χ2v) is 3.86. The first-order valence-electron chi connectivity index (χ1n) is 4.00. The van der Waals surface area contributed by atoms with E-state index in [9.17, 15) is 13.6 Å². The number of alkyl halides is 2. The Labute approximate surface area is 75.9 Å². The van der Waals surface area contributed by atoms with Crippen LogP contribution in [-0.2, 0) is 4.79 Å². The maximum Gasteiger partial charge on any atom is 0.185 e. The summed E-state index contributed by atoms with van der Waals surface area (Å²) in [7, 11) is 0. The van der Waals surface area contributed by atoms with E-state index in [0.717, 1.165) is 6.42 Å². The number of carbonyl (C=O) groups excluding carboxylic acids is 1. The molecule has 0 aliphatic heterocycles. The first kappa shape index (κ1) is 11.9. The Balaban J connectivity index is 3.05. The van der Waals surface area contributed by atoms with Gasteiger partial charge in [-0.25, -0.2) is 8.78 Å². The summed E-state index contributed by atoms with van der Waals surface area (Å²) in [6.45, 7) is 0.615. The van der Waals surface area contributed by atoms with Gasteiger partial charge >= 0.3 is 0 Å². The summed E-state index contributed by atoms with van der Waals surface area (Å²) in [6, 6.07) is 0. The third-order valence-electron chi connectivity index (χ3n) is 1.38. The molecule has 1 nitrogen and oxygen atoms in total. The van der Waals surface area contributed by atoms with E-state index in [1.165, 1.54) is 18.7 Å². The molecule has 72 valence electrons. The third kappa shape index (κ3) is 7.98. The minimum atomic E-state index is -1.31. The van der Waals surface area contributed by atoms with Crippen molar-refractivity contribution in [3.05, 3.63) is 0 Å². The first-order chi connectivity index (χ1) is 5.66. The van der Waals surface area contributed by atoms with Gasteiger partial charge in [-0.2, -0.15) is 0 Å². The van der Waals surface area contributed by atoms with Crippen molar-refractivity contribution in [1.82, 2.24) is 0 Å². The topological polar surface area (TPSA) is 17.1 Å². The number of hydrogen-bond donors (Lipinski definition) is 0. The molecule has 0 aromatic carbocycles. The number of rotatable bonds is 6. The minimum absolute atomic E-state index is 0.0808. The summed E-state index contributed by atoms with van der Waals surface area (Å²) in [5.41, 5.74) is 0. The second-order valence-electron chi connectivity index (χ2n) is 2.59. The van der Waals surface area contributed by atoms with Crippen molar-refractivity contribution in [3.8, 4) is 0 Å². The van der Waals surface area contributed by atoms with Crippen molar-refractivity contribution in [2.24, 2.45) is 0 Å². The van der Waals surface area contributed by atoms with Crippen LogP contribution in [0.1, 0.15) is 26.2 Å². The number of thioether (sulfide) groups is 1. The number of hydrogen-bond acceptors (Lipinski definition) is 2. The summed E-state index contributed by atoms with van der Waals surface area (Å²) in [5.74, 6) is 0.717. The molecule has 0 amide bonds. The molecule has 0 N–H and O–H groups in total. The third-order valence-corrected chi connectivity index (χ3v) is 2.28. The molecule has 0 bridgehead atoms. The van der Waals surface area contributed by atoms with E-state index in [-0.39, 0.29) is 11.5 Å². The van der Waals surface area contributed by atoms with Crippen LogP contribution in [0.4, 0.5) is 8.78 Å². The molecule has 0 fully saturated rings. The summed E-state index contributed by atoms with van der Waals surface area (Å²) >= 11 is 1.24. The van der Waals surface area contributed by atoms with Crippen molar-refractivity contribution in [1.29, 1.82) is 0 Å². The highest BCUT2D eigenvalue weighted by molar-refractivity contribution is 8.13. The summed E-state index contributed by atoms with van der Waals surface area (Å²) in [4.78, 5) is 10.4. The molecule has 0 aliphatic rings. The SMILES string of the molecule is CC(=O)SCCCCC(F)CF. The molecule has 0 saturated heterocycles. The van der Waals surface area contributed by atoms with E-state index in [0.29, 0.717) is 12.2 Å². The normalized spacial score (nSPS) is 12.9. The zero-order chi connectivity index (χ0) is 9.40. The predicted octanol–water partition coefficient (Wildman–Crippen LogP) is 2.74. The molecule has 0 heterocycles. The molecule has 0 saturated carbocycles. The Kier molecular flexibility index (Phi) is 7.45. The lowest BCUT2D eigenvalue weighted by molar-refractivity contribution is -0.109. The summed E-state index contributed by atoms with van der Waals surface area (Å²) in [5, 5.41) is 0.0808. The Morgan fingerprint density at radius 3 is 2.67 bits per heavy atom. The maximum absolute atomic E-state index is 12.3. The van der Waals surface area contributed by atoms with Gasteiger partial charge in [-0.05, 0) is 19.3 Å². The molecule has 0 aromatic heterocycles. The molecule has 1 unspecified atom stereocenters. The van der Waals surface area contributed by atoms with Gasteiger partial charge in [0.25, 0.3) is 0 Å². The average molecular weight is 196 g/mol. The fourth-order valence-electron chi connectivity index (χ4n) is 0.761. The van der Waals surface area contributed by atoms with Crippen LogP contribution in [-0.4, -0.2) is 23.7 Å². The van der Waals surface area contributed by atoms with Crippen molar-refractivity contribution >= 4 is 16.9 Å². The van der Waals surface area contributed by atoms with Crippen LogP contribution in [0.2, 0.25) is 0 Å². The number of unbranched alkanes of at least 4 members (excludes halogenated alkanes) is 1. The zero-order valence-electron chi connectivity index (χ0n) is 7.19. The summed E-state index contributed by atoms with van der Waals surface area (Å²) < 4.78 is 23.9. The van der Waals surface area contributed by atoms with Gasteiger partial charge < -0.3 is 0 Å². The van der Waals surface area contributed by atoms with Crippen LogP contribution >= 0.6 is 11.8 Å². The van der Waals surface area contributed by atoms with E-state index < -0.39 is 12.8 Å². The Bertz CT molecular complexity index is 130. The fraction of sp³-hybridized carbons (Fsp3) is 0.875. The van der Waals surface area contributed by atoms with E-state index in [1.54, 1.807) is 0 Å². The van der Waals surface area contributed by atoms with Crippen LogP contribution < -0.4 is 0 Å². The van der Waals surface area contributed by atoms with E-state index in [1.807, 2.05) is 0 Å². The van der Waals surface area contributed by atoms with Crippen LogP contribution in [0.15, 0.2) is 0 Å². The Morgan fingerprint density at radius 2 is 2.17 bits per heavy atom. The van der Waals surface area contributed by atoms with Gasteiger partial charge in [0, 0.05) is 12.7 Å². The molecule has 0 radical (unpaired) electrons. The smallest absolute Gasteiger partial charge is 0.185 e. The van der Waals surface area contributed by atoms with Crippen molar-refractivity contribution in [2.75, 3.05) is 12.4 Å². The lowest BCUT2D eigenvalue weighted by Gasteiger charge is -2.01. The highest BCUT2D eigenvalue weighted by atomic mass is 32.2. The van der Waals surface area contributed by atoms with Gasteiger partial charge in [0.2, 0.25) is 0 Å². The van der Waals surface area contributed by atoms with Crippen LogP contribution in [0.25, 0.3) is 0 Å². The maximum atomic E-state index is 12.3. The molecule has 0 rings (SSSR count). The van der Waals surface area contributed by atoms with Gasteiger partial charge in [-0.3, -0.25) is 4.79 Å². The molecule has 0 aromatic rings. The Morgan fingerprint density at radius 1 is 1.50 bits per heavy atom. The van der Waals surface area contributed by atoms with Gasteiger partial charge in [0.15, 0.2) is 5.12 Å². The van der Waals surface area contributed by atoms with Crippen LogP contribution in [0.3, 0.4) is 0 Å². The van der Waals surface area contributed by atoms with E-state index in [2.05, 4.69) is 0 Å². The van der Waals surface area contributed by atoms with Gasteiger partial charge in [-0.1, -0.05) is 11.8 Å². The van der Waals surface area contributed by atoms with Gasteiger partial charge in [0.1, 0.15) is 12.8 Å². The zero-order valence-corrected chi connectivity index (χ0v) is 8.00. The van der Waals surface area contributed by atoms with E-state index >= 15 is 0 Å². The molecule has 0 aliphatic carbocycles.